The molecular weight excluding hydrogens is 445 g/mol. The van der Waals surface area contributed by atoms with E-state index in [2.05, 4.69) is 51.5 Å². The number of aromatic nitrogens is 3. The van der Waals surface area contributed by atoms with Crippen molar-refractivity contribution in [3.05, 3.63) is 12.2 Å². The summed E-state index contributed by atoms with van der Waals surface area (Å²) in [5, 5.41) is 14.8. The van der Waals surface area contributed by atoms with Crippen LogP contribution in [0.5, 0.6) is 0 Å². The lowest BCUT2D eigenvalue weighted by molar-refractivity contribution is 0.0132. The van der Waals surface area contributed by atoms with E-state index in [9.17, 15) is 0 Å². The molecule has 150 valence electrons. The first-order valence-electron chi connectivity index (χ1n) is 9.27. The summed E-state index contributed by atoms with van der Waals surface area (Å²) >= 11 is 0. The van der Waals surface area contributed by atoms with Crippen LogP contribution in [-0.2, 0) is 18.3 Å². The maximum absolute atomic E-state index is 5.50. The third-order valence-corrected chi connectivity index (χ3v) is 4.34. The fourth-order valence-electron chi connectivity index (χ4n) is 3.00. The van der Waals surface area contributed by atoms with Gasteiger partial charge in [-0.3, -0.25) is 4.90 Å². The number of halogens is 1. The molecule has 8 nitrogen and oxygen atoms in total. The molecule has 1 fully saturated rings. The molecule has 2 N–H and O–H groups in total. The van der Waals surface area contributed by atoms with Crippen LogP contribution in [-0.4, -0.2) is 71.1 Å². The SMILES string of the molecule is CCNC(=NCc1nncn1C)NCC(CC(C)C)N1CCOCC1.I. The van der Waals surface area contributed by atoms with E-state index in [1.54, 1.807) is 6.33 Å². The summed E-state index contributed by atoms with van der Waals surface area (Å²) in [6, 6.07) is 0.489. The number of hydrogen-bond acceptors (Lipinski definition) is 5. The summed E-state index contributed by atoms with van der Waals surface area (Å²) in [6.07, 6.45) is 2.86. The van der Waals surface area contributed by atoms with Crippen LogP contribution in [0.3, 0.4) is 0 Å². The van der Waals surface area contributed by atoms with Crippen LogP contribution in [0.4, 0.5) is 0 Å². The molecular formula is C17H34IN7O. The minimum atomic E-state index is 0. The highest BCUT2D eigenvalue weighted by atomic mass is 127. The quantitative estimate of drug-likeness (QED) is 0.332. The molecule has 2 rings (SSSR count). The molecule has 1 unspecified atom stereocenters. The zero-order valence-corrected chi connectivity index (χ0v) is 18.8. The number of aryl methyl sites for hydroxylation is 1. The number of guanidine groups is 1. The molecule has 0 spiro atoms. The van der Waals surface area contributed by atoms with Crippen LogP contribution < -0.4 is 10.6 Å². The van der Waals surface area contributed by atoms with E-state index in [1.807, 2.05) is 11.6 Å². The molecule has 1 aliphatic heterocycles. The van der Waals surface area contributed by atoms with Crippen LogP contribution in [0.25, 0.3) is 0 Å². The molecule has 0 aliphatic carbocycles. The van der Waals surface area contributed by atoms with Crippen molar-refractivity contribution in [1.82, 2.24) is 30.3 Å². The lowest BCUT2D eigenvalue weighted by Crippen LogP contribution is -2.51. The van der Waals surface area contributed by atoms with Gasteiger partial charge in [0.2, 0.25) is 0 Å². The van der Waals surface area contributed by atoms with Crippen molar-refractivity contribution in [3.8, 4) is 0 Å². The standard InChI is InChI=1S/C17H33N7O.HI/c1-5-18-17(20-12-16-22-21-13-23(16)4)19-11-15(10-14(2)3)24-6-8-25-9-7-24;/h13-15H,5-12H2,1-4H3,(H2,18,19,20);1H. The van der Waals surface area contributed by atoms with Gasteiger partial charge in [0, 0.05) is 39.3 Å². The van der Waals surface area contributed by atoms with E-state index in [-0.39, 0.29) is 24.0 Å². The molecule has 1 saturated heterocycles. The Morgan fingerprint density at radius 2 is 2.04 bits per heavy atom. The van der Waals surface area contributed by atoms with E-state index < -0.39 is 0 Å². The molecule has 0 amide bonds. The highest BCUT2D eigenvalue weighted by Gasteiger charge is 2.22. The van der Waals surface area contributed by atoms with Gasteiger partial charge in [-0.25, -0.2) is 4.99 Å². The minimum Gasteiger partial charge on any atom is -0.379 e. The Labute approximate surface area is 174 Å². The van der Waals surface area contributed by atoms with Crippen molar-refractivity contribution in [2.45, 2.75) is 39.8 Å². The van der Waals surface area contributed by atoms with Gasteiger partial charge in [-0.1, -0.05) is 13.8 Å². The fourth-order valence-corrected chi connectivity index (χ4v) is 3.00. The normalized spacial score (nSPS) is 17.0. The Balaban J connectivity index is 0.00000338. The molecule has 1 aromatic heterocycles. The molecule has 26 heavy (non-hydrogen) atoms. The van der Waals surface area contributed by atoms with Gasteiger partial charge in [0.1, 0.15) is 12.9 Å². The van der Waals surface area contributed by atoms with Gasteiger partial charge in [0.25, 0.3) is 0 Å². The Kier molecular flexibility index (Phi) is 11.1. The van der Waals surface area contributed by atoms with Gasteiger partial charge in [-0.15, -0.1) is 34.2 Å². The molecule has 1 atom stereocenters. The van der Waals surface area contributed by atoms with E-state index in [4.69, 9.17) is 4.74 Å². The molecule has 1 aromatic rings. The fraction of sp³-hybridized carbons (Fsp3) is 0.824. The third kappa shape index (κ3) is 7.75. The summed E-state index contributed by atoms with van der Waals surface area (Å²) in [5.41, 5.74) is 0. The van der Waals surface area contributed by atoms with Crippen LogP contribution in [0.2, 0.25) is 0 Å². The van der Waals surface area contributed by atoms with Crippen molar-refractivity contribution in [3.63, 3.8) is 0 Å². The number of hydrogen-bond donors (Lipinski definition) is 2. The van der Waals surface area contributed by atoms with Gasteiger partial charge in [-0.05, 0) is 19.3 Å². The smallest absolute Gasteiger partial charge is 0.191 e. The maximum atomic E-state index is 5.50. The van der Waals surface area contributed by atoms with Crippen molar-refractivity contribution < 1.29 is 4.74 Å². The summed E-state index contributed by atoms with van der Waals surface area (Å²) in [4.78, 5) is 7.17. The third-order valence-electron chi connectivity index (χ3n) is 4.34. The minimum absolute atomic E-state index is 0. The van der Waals surface area contributed by atoms with Crippen molar-refractivity contribution in [2.24, 2.45) is 18.0 Å². The Morgan fingerprint density at radius 1 is 1.31 bits per heavy atom. The predicted octanol–water partition coefficient (Wildman–Crippen LogP) is 1.24. The number of nitrogens with one attached hydrogen (secondary N) is 2. The number of rotatable bonds is 8. The number of morpholine rings is 1. The second-order valence-corrected chi connectivity index (χ2v) is 6.87. The van der Waals surface area contributed by atoms with E-state index in [1.165, 1.54) is 0 Å². The molecule has 0 aromatic carbocycles. The molecule has 9 heteroatoms. The highest BCUT2D eigenvalue weighted by Crippen LogP contribution is 2.13. The largest absolute Gasteiger partial charge is 0.379 e. The van der Waals surface area contributed by atoms with Crippen LogP contribution in [0.15, 0.2) is 11.3 Å². The zero-order chi connectivity index (χ0) is 18.1. The molecule has 0 bridgehead atoms. The monoisotopic (exact) mass is 479 g/mol. The summed E-state index contributed by atoms with van der Waals surface area (Å²) in [7, 11) is 1.93. The van der Waals surface area contributed by atoms with E-state index in [0.717, 1.165) is 57.6 Å². The van der Waals surface area contributed by atoms with E-state index >= 15 is 0 Å². The van der Waals surface area contributed by atoms with Gasteiger partial charge in [0.05, 0.1) is 13.2 Å². The average Bonchev–Trinajstić information content (AvgIpc) is 3.01. The average molecular weight is 479 g/mol. The second kappa shape index (κ2) is 12.4. The van der Waals surface area contributed by atoms with Crippen molar-refractivity contribution >= 4 is 29.9 Å². The van der Waals surface area contributed by atoms with Gasteiger partial charge >= 0.3 is 0 Å². The van der Waals surface area contributed by atoms with Crippen LogP contribution in [0, 0.1) is 5.92 Å². The van der Waals surface area contributed by atoms with Gasteiger partial charge in [0.15, 0.2) is 11.8 Å². The Bertz CT molecular complexity index is 529. The summed E-state index contributed by atoms with van der Waals surface area (Å²) < 4.78 is 7.39. The number of nitrogens with zero attached hydrogens (tertiary/aromatic N) is 5. The van der Waals surface area contributed by atoms with Crippen molar-refractivity contribution in [2.75, 3.05) is 39.4 Å². The Hall–Kier alpha value is -0.940. The predicted molar refractivity (Wildman–Crippen MR) is 115 cm³/mol. The molecule has 0 radical (unpaired) electrons. The molecule has 1 aliphatic rings. The van der Waals surface area contributed by atoms with Crippen molar-refractivity contribution in [1.29, 1.82) is 0 Å². The molecule has 2 heterocycles. The van der Waals surface area contributed by atoms with Gasteiger partial charge in [-0.2, -0.15) is 0 Å². The summed E-state index contributed by atoms with van der Waals surface area (Å²) in [5.74, 6) is 2.34. The lowest BCUT2D eigenvalue weighted by Gasteiger charge is -2.35. The number of ether oxygens (including phenoxy) is 1. The zero-order valence-electron chi connectivity index (χ0n) is 16.4. The first-order chi connectivity index (χ1) is 12.1. The van der Waals surface area contributed by atoms with Gasteiger partial charge < -0.3 is 19.9 Å². The Morgan fingerprint density at radius 3 is 2.62 bits per heavy atom. The number of aliphatic imine (C=N–C) groups is 1. The topological polar surface area (TPSA) is 79.6 Å². The maximum Gasteiger partial charge on any atom is 0.191 e. The molecule has 0 saturated carbocycles. The highest BCUT2D eigenvalue weighted by molar-refractivity contribution is 14.0. The summed E-state index contributed by atoms with van der Waals surface area (Å²) in [6.45, 7) is 12.5. The second-order valence-electron chi connectivity index (χ2n) is 6.87. The van der Waals surface area contributed by atoms with Crippen LogP contribution >= 0.6 is 24.0 Å². The van der Waals surface area contributed by atoms with Crippen LogP contribution in [0.1, 0.15) is 33.0 Å². The first kappa shape index (κ1) is 23.1. The lowest BCUT2D eigenvalue weighted by atomic mass is 10.0. The first-order valence-corrected chi connectivity index (χ1v) is 9.27. The van der Waals surface area contributed by atoms with E-state index in [0.29, 0.717) is 18.5 Å².